The van der Waals surface area contributed by atoms with Gasteiger partial charge in [0.25, 0.3) is 0 Å². The Balaban J connectivity index is 1.70. The Morgan fingerprint density at radius 3 is 2.95 bits per heavy atom. The van der Waals surface area contributed by atoms with Gasteiger partial charge in [0.2, 0.25) is 0 Å². The van der Waals surface area contributed by atoms with E-state index in [4.69, 9.17) is 4.74 Å². The fourth-order valence-electron chi connectivity index (χ4n) is 3.18. The minimum Gasteiger partial charge on any atom is -0.444 e. The number of rotatable bonds is 0. The SMILES string of the molecule is Cc1cnn2c1NCC1CN(C(=O)OC(C)(C)C)CCC12. The molecule has 2 atom stereocenters. The molecule has 1 fully saturated rings. The summed E-state index contributed by atoms with van der Waals surface area (Å²) in [4.78, 5) is 14.0. The van der Waals surface area contributed by atoms with Gasteiger partial charge in [-0.05, 0) is 34.1 Å². The largest absolute Gasteiger partial charge is 0.444 e. The first-order valence-corrected chi connectivity index (χ1v) is 7.61. The zero-order chi connectivity index (χ0) is 15.2. The van der Waals surface area contributed by atoms with Crippen LogP contribution in [0.1, 0.15) is 38.8 Å². The number of anilines is 1. The number of likely N-dealkylation sites (tertiary alicyclic amines) is 1. The van der Waals surface area contributed by atoms with Crippen molar-refractivity contribution in [1.29, 1.82) is 0 Å². The van der Waals surface area contributed by atoms with Gasteiger partial charge in [0.15, 0.2) is 0 Å². The molecule has 6 nitrogen and oxygen atoms in total. The molecule has 0 bridgehead atoms. The Morgan fingerprint density at radius 2 is 2.24 bits per heavy atom. The first kappa shape index (κ1) is 14.2. The smallest absolute Gasteiger partial charge is 0.410 e. The number of aromatic nitrogens is 2. The van der Waals surface area contributed by atoms with E-state index < -0.39 is 5.60 Å². The average molecular weight is 292 g/mol. The van der Waals surface area contributed by atoms with Crippen molar-refractivity contribution in [3.63, 3.8) is 0 Å². The number of carbonyl (C=O) groups is 1. The first-order valence-electron chi connectivity index (χ1n) is 7.61. The summed E-state index contributed by atoms with van der Waals surface area (Å²) in [6.45, 7) is 10.1. The highest BCUT2D eigenvalue weighted by molar-refractivity contribution is 5.68. The van der Waals surface area contributed by atoms with Gasteiger partial charge in [0.05, 0.1) is 12.2 Å². The fourth-order valence-corrected chi connectivity index (χ4v) is 3.18. The van der Waals surface area contributed by atoms with Crippen LogP contribution in [0.3, 0.4) is 0 Å². The van der Waals surface area contributed by atoms with E-state index in [9.17, 15) is 4.79 Å². The molecule has 6 heteroatoms. The van der Waals surface area contributed by atoms with Crippen LogP contribution in [0.2, 0.25) is 0 Å². The number of hydrogen-bond donors (Lipinski definition) is 1. The van der Waals surface area contributed by atoms with Gasteiger partial charge in [-0.2, -0.15) is 5.10 Å². The third kappa shape index (κ3) is 2.71. The molecule has 116 valence electrons. The number of carbonyl (C=O) groups excluding carboxylic acids is 1. The molecule has 1 saturated heterocycles. The number of fused-ring (bicyclic) bond motifs is 3. The van der Waals surface area contributed by atoms with Crippen LogP contribution in [0.5, 0.6) is 0 Å². The summed E-state index contributed by atoms with van der Waals surface area (Å²) >= 11 is 0. The summed E-state index contributed by atoms with van der Waals surface area (Å²) in [6, 6.07) is 0.383. The number of nitrogens with one attached hydrogen (secondary N) is 1. The van der Waals surface area contributed by atoms with Crippen molar-refractivity contribution in [1.82, 2.24) is 14.7 Å². The molecule has 1 aromatic rings. The highest BCUT2D eigenvalue weighted by Gasteiger charge is 2.38. The van der Waals surface area contributed by atoms with Gasteiger partial charge in [-0.15, -0.1) is 0 Å². The average Bonchev–Trinajstić information content (AvgIpc) is 2.78. The molecule has 0 saturated carbocycles. The Kier molecular flexibility index (Phi) is 3.34. The normalized spacial score (nSPS) is 24.9. The van der Waals surface area contributed by atoms with Crippen molar-refractivity contribution in [2.24, 2.45) is 5.92 Å². The fraction of sp³-hybridized carbons (Fsp3) is 0.733. The predicted molar refractivity (Wildman–Crippen MR) is 80.4 cm³/mol. The molecule has 1 amide bonds. The van der Waals surface area contributed by atoms with Crippen molar-refractivity contribution >= 4 is 11.9 Å². The maximum atomic E-state index is 12.2. The van der Waals surface area contributed by atoms with Crippen molar-refractivity contribution in [3.8, 4) is 0 Å². The van der Waals surface area contributed by atoms with Crippen molar-refractivity contribution < 1.29 is 9.53 Å². The standard InChI is InChI=1S/C15H24N4O2/c1-10-7-17-19-12-5-6-18(14(20)21-15(2,3)4)9-11(12)8-16-13(10)19/h7,11-12,16H,5-6,8-9H2,1-4H3. The molecule has 0 radical (unpaired) electrons. The lowest BCUT2D eigenvalue weighted by Gasteiger charge is -2.42. The van der Waals surface area contributed by atoms with Crippen molar-refractivity contribution in [2.45, 2.75) is 45.8 Å². The van der Waals surface area contributed by atoms with E-state index in [2.05, 4.69) is 22.0 Å². The van der Waals surface area contributed by atoms with Crippen LogP contribution in [-0.2, 0) is 4.74 Å². The van der Waals surface area contributed by atoms with E-state index in [0.717, 1.165) is 31.9 Å². The second-order valence-corrected chi connectivity index (χ2v) is 7.04. The number of hydrogen-bond acceptors (Lipinski definition) is 4. The van der Waals surface area contributed by atoms with Gasteiger partial charge in [-0.1, -0.05) is 0 Å². The molecule has 0 aromatic carbocycles. The second-order valence-electron chi connectivity index (χ2n) is 7.04. The van der Waals surface area contributed by atoms with E-state index in [1.807, 2.05) is 31.9 Å². The highest BCUT2D eigenvalue weighted by Crippen LogP contribution is 2.35. The van der Waals surface area contributed by atoms with E-state index in [0.29, 0.717) is 12.0 Å². The zero-order valence-electron chi connectivity index (χ0n) is 13.2. The van der Waals surface area contributed by atoms with Crippen LogP contribution < -0.4 is 5.32 Å². The van der Waals surface area contributed by atoms with Crippen LogP contribution in [0, 0.1) is 12.8 Å². The lowest BCUT2D eigenvalue weighted by molar-refractivity contribution is 0.0107. The monoisotopic (exact) mass is 292 g/mol. The highest BCUT2D eigenvalue weighted by atomic mass is 16.6. The summed E-state index contributed by atoms with van der Waals surface area (Å²) in [6.07, 6.45) is 2.63. The molecule has 2 aliphatic rings. The minimum atomic E-state index is -0.439. The van der Waals surface area contributed by atoms with Crippen LogP contribution in [0.15, 0.2) is 6.20 Å². The number of aryl methyl sites for hydroxylation is 1. The van der Waals surface area contributed by atoms with Crippen molar-refractivity contribution in [3.05, 3.63) is 11.8 Å². The molecule has 3 heterocycles. The minimum absolute atomic E-state index is 0.205. The van der Waals surface area contributed by atoms with Gasteiger partial charge in [-0.3, -0.25) is 0 Å². The van der Waals surface area contributed by atoms with Crippen molar-refractivity contribution in [2.75, 3.05) is 25.0 Å². The van der Waals surface area contributed by atoms with E-state index in [1.54, 1.807) is 0 Å². The molecule has 3 rings (SSSR count). The lowest BCUT2D eigenvalue weighted by Crippen LogP contribution is -2.50. The maximum absolute atomic E-state index is 12.2. The van der Waals surface area contributed by atoms with Gasteiger partial charge in [0, 0.05) is 31.1 Å². The molecular formula is C15H24N4O2. The molecule has 2 aliphatic heterocycles. The maximum Gasteiger partial charge on any atom is 0.410 e. The predicted octanol–water partition coefficient (Wildman–Crippen LogP) is 2.42. The van der Waals surface area contributed by atoms with Crippen LogP contribution >= 0.6 is 0 Å². The first-order chi connectivity index (χ1) is 9.85. The molecule has 1 N–H and O–H groups in total. The van der Waals surface area contributed by atoms with Crippen LogP contribution in [0.4, 0.5) is 10.6 Å². The summed E-state index contributed by atoms with van der Waals surface area (Å²) in [7, 11) is 0. The van der Waals surface area contributed by atoms with Gasteiger partial charge < -0.3 is 15.0 Å². The topological polar surface area (TPSA) is 59.4 Å². The summed E-state index contributed by atoms with van der Waals surface area (Å²) < 4.78 is 7.57. The zero-order valence-corrected chi connectivity index (χ0v) is 13.2. The lowest BCUT2D eigenvalue weighted by atomic mass is 9.90. The van der Waals surface area contributed by atoms with Gasteiger partial charge in [0.1, 0.15) is 11.4 Å². The molecular weight excluding hydrogens is 268 g/mol. The van der Waals surface area contributed by atoms with Gasteiger partial charge in [-0.25, -0.2) is 9.48 Å². The number of amides is 1. The Labute approximate surface area is 125 Å². The van der Waals surface area contributed by atoms with E-state index in [-0.39, 0.29) is 6.09 Å². The number of ether oxygens (including phenoxy) is 1. The second kappa shape index (κ2) is 4.93. The summed E-state index contributed by atoms with van der Waals surface area (Å²) in [5.74, 6) is 1.51. The molecule has 21 heavy (non-hydrogen) atoms. The van der Waals surface area contributed by atoms with Crippen LogP contribution in [-0.4, -0.2) is 46.0 Å². The Hall–Kier alpha value is -1.72. The van der Waals surface area contributed by atoms with E-state index >= 15 is 0 Å². The Bertz CT molecular complexity index is 546. The summed E-state index contributed by atoms with van der Waals surface area (Å²) in [5, 5.41) is 7.93. The van der Waals surface area contributed by atoms with Crippen LogP contribution in [0.25, 0.3) is 0 Å². The molecule has 0 spiro atoms. The summed E-state index contributed by atoms with van der Waals surface area (Å²) in [5.41, 5.74) is 0.744. The third-order valence-electron chi connectivity index (χ3n) is 4.17. The molecule has 0 aliphatic carbocycles. The van der Waals surface area contributed by atoms with Gasteiger partial charge >= 0.3 is 6.09 Å². The third-order valence-corrected chi connectivity index (χ3v) is 4.17. The quantitative estimate of drug-likeness (QED) is 0.798. The van der Waals surface area contributed by atoms with E-state index in [1.165, 1.54) is 5.56 Å². The molecule has 2 unspecified atom stereocenters. The Morgan fingerprint density at radius 1 is 1.48 bits per heavy atom. The number of piperidine rings is 1. The molecule has 1 aromatic heterocycles. The number of nitrogens with zero attached hydrogens (tertiary/aromatic N) is 3.